The van der Waals surface area contributed by atoms with Crippen LogP contribution in [0.25, 0.3) is 5.69 Å². The zero-order valence-corrected chi connectivity index (χ0v) is 9.88. The molecule has 0 saturated heterocycles. The zero-order chi connectivity index (χ0) is 12.3. The van der Waals surface area contributed by atoms with Crippen LogP contribution in [0, 0.1) is 6.92 Å². The molecule has 4 nitrogen and oxygen atoms in total. The molecule has 0 aliphatic rings. The van der Waals surface area contributed by atoms with E-state index in [9.17, 15) is 4.79 Å². The summed E-state index contributed by atoms with van der Waals surface area (Å²) in [5, 5.41) is 4.17. The minimum Gasteiger partial charge on any atom is -0.461 e. The Morgan fingerprint density at radius 1 is 1.29 bits per heavy atom. The van der Waals surface area contributed by atoms with Gasteiger partial charge in [-0.2, -0.15) is 5.10 Å². The van der Waals surface area contributed by atoms with Crippen LogP contribution in [0.2, 0.25) is 0 Å². The molecule has 17 heavy (non-hydrogen) atoms. The van der Waals surface area contributed by atoms with Gasteiger partial charge in [0.1, 0.15) is 0 Å². The van der Waals surface area contributed by atoms with Crippen molar-refractivity contribution in [2.75, 3.05) is 6.61 Å². The molecule has 0 bridgehead atoms. The molecule has 1 aromatic heterocycles. The van der Waals surface area contributed by atoms with Crippen LogP contribution in [-0.2, 0) is 4.74 Å². The summed E-state index contributed by atoms with van der Waals surface area (Å²) in [5.74, 6) is -0.390. The number of aryl methyl sites for hydroxylation is 1. The van der Waals surface area contributed by atoms with Gasteiger partial charge in [0.15, 0.2) is 5.69 Å². The van der Waals surface area contributed by atoms with Crippen molar-refractivity contribution in [3.63, 3.8) is 0 Å². The first-order valence-electron chi connectivity index (χ1n) is 5.50. The summed E-state index contributed by atoms with van der Waals surface area (Å²) in [6, 6.07) is 9.56. The highest BCUT2D eigenvalue weighted by molar-refractivity contribution is 5.87. The van der Waals surface area contributed by atoms with E-state index in [2.05, 4.69) is 5.10 Å². The monoisotopic (exact) mass is 230 g/mol. The Hall–Kier alpha value is -2.10. The number of rotatable bonds is 3. The van der Waals surface area contributed by atoms with Gasteiger partial charge in [-0.15, -0.1) is 0 Å². The van der Waals surface area contributed by atoms with Crippen molar-refractivity contribution in [1.29, 1.82) is 0 Å². The lowest BCUT2D eigenvalue weighted by Gasteiger charge is -2.01. The Morgan fingerprint density at radius 2 is 2.00 bits per heavy atom. The fraction of sp³-hybridized carbons (Fsp3) is 0.231. The lowest BCUT2D eigenvalue weighted by molar-refractivity contribution is 0.0519. The van der Waals surface area contributed by atoms with Gasteiger partial charge in [0.05, 0.1) is 12.3 Å². The average Bonchev–Trinajstić information content (AvgIpc) is 2.80. The molecule has 0 unspecified atom stereocenters. The van der Waals surface area contributed by atoms with Crippen LogP contribution in [0.3, 0.4) is 0 Å². The molecule has 0 atom stereocenters. The highest BCUT2D eigenvalue weighted by Gasteiger charge is 2.10. The molecule has 0 saturated carbocycles. The molecule has 0 fully saturated rings. The number of carbonyl (C=O) groups is 1. The van der Waals surface area contributed by atoms with Crippen LogP contribution >= 0.6 is 0 Å². The van der Waals surface area contributed by atoms with E-state index in [1.54, 1.807) is 23.9 Å². The summed E-state index contributed by atoms with van der Waals surface area (Å²) >= 11 is 0. The van der Waals surface area contributed by atoms with Gasteiger partial charge in [-0.1, -0.05) is 17.7 Å². The quantitative estimate of drug-likeness (QED) is 0.760. The van der Waals surface area contributed by atoms with Gasteiger partial charge in [-0.3, -0.25) is 0 Å². The second kappa shape index (κ2) is 4.82. The van der Waals surface area contributed by atoms with Crippen molar-refractivity contribution in [3.8, 4) is 5.69 Å². The molecule has 0 radical (unpaired) electrons. The van der Waals surface area contributed by atoms with Gasteiger partial charge in [0.2, 0.25) is 0 Å². The minimum absolute atomic E-state index is 0.326. The number of esters is 1. The van der Waals surface area contributed by atoms with Crippen molar-refractivity contribution < 1.29 is 9.53 Å². The third-order valence-corrected chi connectivity index (χ3v) is 2.37. The van der Waals surface area contributed by atoms with Gasteiger partial charge in [-0.25, -0.2) is 9.48 Å². The van der Waals surface area contributed by atoms with Crippen LogP contribution in [0.5, 0.6) is 0 Å². The first kappa shape index (κ1) is 11.4. The first-order valence-corrected chi connectivity index (χ1v) is 5.50. The summed E-state index contributed by atoms with van der Waals surface area (Å²) in [7, 11) is 0. The normalized spacial score (nSPS) is 10.2. The number of carbonyl (C=O) groups excluding carboxylic acids is 1. The lowest BCUT2D eigenvalue weighted by Crippen LogP contribution is -2.06. The Labute approximate surface area is 99.8 Å². The van der Waals surface area contributed by atoms with Crippen molar-refractivity contribution >= 4 is 5.97 Å². The highest BCUT2D eigenvalue weighted by atomic mass is 16.5. The molecule has 0 amide bonds. The van der Waals surface area contributed by atoms with E-state index in [1.807, 2.05) is 31.2 Å². The third kappa shape index (κ3) is 2.53. The topological polar surface area (TPSA) is 44.1 Å². The maximum absolute atomic E-state index is 11.4. The molecule has 0 aliphatic heterocycles. The SMILES string of the molecule is CCOC(=O)c1ccn(-c2ccc(C)cc2)n1. The number of benzene rings is 1. The van der Waals surface area contributed by atoms with Crippen molar-refractivity contribution in [2.24, 2.45) is 0 Å². The summed E-state index contributed by atoms with van der Waals surface area (Å²) in [6.07, 6.45) is 1.75. The molecule has 2 rings (SSSR count). The van der Waals surface area contributed by atoms with Gasteiger partial charge in [0, 0.05) is 6.20 Å². The predicted molar refractivity (Wildman–Crippen MR) is 64.3 cm³/mol. The highest BCUT2D eigenvalue weighted by Crippen LogP contribution is 2.09. The zero-order valence-electron chi connectivity index (χ0n) is 9.88. The van der Waals surface area contributed by atoms with Crippen LogP contribution in [0.4, 0.5) is 0 Å². The number of ether oxygens (including phenoxy) is 1. The second-order valence-electron chi connectivity index (χ2n) is 3.70. The third-order valence-electron chi connectivity index (χ3n) is 2.37. The van der Waals surface area contributed by atoms with Crippen molar-refractivity contribution in [1.82, 2.24) is 9.78 Å². The lowest BCUT2D eigenvalue weighted by atomic mass is 10.2. The molecule has 4 heteroatoms. The maximum Gasteiger partial charge on any atom is 0.358 e. The van der Waals surface area contributed by atoms with Gasteiger partial charge >= 0.3 is 5.97 Å². The van der Waals surface area contributed by atoms with Gasteiger partial charge < -0.3 is 4.74 Å². The fourth-order valence-electron chi connectivity index (χ4n) is 1.48. The molecular weight excluding hydrogens is 216 g/mol. The van der Waals surface area contributed by atoms with E-state index in [-0.39, 0.29) is 0 Å². The summed E-state index contributed by atoms with van der Waals surface area (Å²) in [6.45, 7) is 4.15. The van der Waals surface area contributed by atoms with Gasteiger partial charge in [0.25, 0.3) is 0 Å². The summed E-state index contributed by atoms with van der Waals surface area (Å²) in [5.41, 5.74) is 2.44. The Kier molecular flexibility index (Phi) is 3.23. The van der Waals surface area contributed by atoms with E-state index in [4.69, 9.17) is 4.74 Å². The Morgan fingerprint density at radius 3 is 2.65 bits per heavy atom. The summed E-state index contributed by atoms with van der Waals surface area (Å²) in [4.78, 5) is 11.4. The van der Waals surface area contributed by atoms with E-state index >= 15 is 0 Å². The van der Waals surface area contributed by atoms with E-state index in [0.29, 0.717) is 12.3 Å². The molecular formula is C13H14N2O2. The number of nitrogens with zero attached hydrogens (tertiary/aromatic N) is 2. The molecule has 1 aromatic carbocycles. The van der Waals surface area contributed by atoms with E-state index in [0.717, 1.165) is 5.69 Å². The molecule has 0 aliphatic carbocycles. The maximum atomic E-state index is 11.4. The molecule has 2 aromatic rings. The standard InChI is InChI=1S/C13H14N2O2/c1-3-17-13(16)12-8-9-15(14-12)11-6-4-10(2)5-7-11/h4-9H,3H2,1-2H3. The van der Waals surface area contributed by atoms with Crippen molar-refractivity contribution in [3.05, 3.63) is 47.8 Å². The number of aromatic nitrogens is 2. The largest absolute Gasteiger partial charge is 0.461 e. The first-order chi connectivity index (χ1) is 8.20. The molecule has 0 N–H and O–H groups in total. The van der Waals surface area contributed by atoms with Crippen LogP contribution in [0.15, 0.2) is 36.5 Å². The second-order valence-corrected chi connectivity index (χ2v) is 3.70. The average molecular weight is 230 g/mol. The Bertz CT molecular complexity index is 514. The molecule has 0 spiro atoms. The van der Waals surface area contributed by atoms with E-state index < -0.39 is 5.97 Å². The van der Waals surface area contributed by atoms with Crippen molar-refractivity contribution in [2.45, 2.75) is 13.8 Å². The molecule has 88 valence electrons. The smallest absolute Gasteiger partial charge is 0.358 e. The van der Waals surface area contributed by atoms with Crippen LogP contribution in [-0.4, -0.2) is 22.4 Å². The van der Waals surface area contributed by atoms with Crippen LogP contribution < -0.4 is 0 Å². The molecule has 1 heterocycles. The summed E-state index contributed by atoms with van der Waals surface area (Å²) < 4.78 is 6.54. The minimum atomic E-state index is -0.390. The number of hydrogen-bond donors (Lipinski definition) is 0. The van der Waals surface area contributed by atoms with Crippen LogP contribution in [0.1, 0.15) is 23.0 Å². The van der Waals surface area contributed by atoms with Gasteiger partial charge in [-0.05, 0) is 32.0 Å². The number of hydrogen-bond acceptors (Lipinski definition) is 3. The predicted octanol–water partition coefficient (Wildman–Crippen LogP) is 2.36. The van der Waals surface area contributed by atoms with E-state index in [1.165, 1.54) is 5.56 Å². The fourth-order valence-corrected chi connectivity index (χ4v) is 1.48. The Balaban J connectivity index is 2.23.